The van der Waals surface area contributed by atoms with Crippen LogP contribution in [0.2, 0.25) is 0 Å². The summed E-state index contributed by atoms with van der Waals surface area (Å²) in [5, 5.41) is 19.2. The molecule has 0 radical (unpaired) electrons. The smallest absolute Gasteiger partial charge is 0.165 e. The molecule has 8 heteroatoms. The molecule has 0 atom stereocenters. The maximum Gasteiger partial charge on any atom is 0.165 e. The molecule has 0 unspecified atom stereocenters. The van der Waals surface area contributed by atoms with Crippen molar-refractivity contribution in [1.82, 2.24) is 19.5 Å². The van der Waals surface area contributed by atoms with Crippen LogP contribution in [-0.4, -0.2) is 24.6 Å². The van der Waals surface area contributed by atoms with E-state index >= 15 is 0 Å². The molecule has 37 heavy (non-hydrogen) atoms. The lowest BCUT2D eigenvalue weighted by Crippen LogP contribution is -2.02. The molecule has 0 spiro atoms. The van der Waals surface area contributed by atoms with Crippen LogP contribution in [0.15, 0.2) is 72.9 Å². The SMILES string of the molecule is CC.CC.N#Cc1cc2nc(-c3cccnc3N)n(-c3ccc(CO)cc3)c2nc1-c1ccc(F)cc1. The van der Waals surface area contributed by atoms with Gasteiger partial charge in [0.15, 0.2) is 11.5 Å². The normalized spacial score (nSPS) is 10.1. The summed E-state index contributed by atoms with van der Waals surface area (Å²) in [7, 11) is 0. The quantitative estimate of drug-likeness (QED) is 0.302. The molecule has 0 fully saturated rings. The largest absolute Gasteiger partial charge is 0.392 e. The summed E-state index contributed by atoms with van der Waals surface area (Å²) in [4.78, 5) is 13.7. The van der Waals surface area contributed by atoms with E-state index in [1.54, 1.807) is 30.5 Å². The van der Waals surface area contributed by atoms with E-state index in [0.717, 1.165) is 11.3 Å². The van der Waals surface area contributed by atoms with E-state index in [1.165, 1.54) is 12.1 Å². The summed E-state index contributed by atoms with van der Waals surface area (Å²) in [6.45, 7) is 7.92. The van der Waals surface area contributed by atoms with Crippen LogP contribution in [0.25, 0.3) is 39.5 Å². The standard InChI is InChI=1S/C25H17FN6O.2C2H6/c26-18-7-5-16(6-8-18)22-17(13-27)12-21-25(31-22)32(19-9-3-15(14-33)4-10-19)24(30-21)20-2-1-11-29-23(20)28;2*1-2/h1-12,33H,14H2,(H2,28,29);2*1-2H3. The summed E-state index contributed by atoms with van der Waals surface area (Å²) >= 11 is 0. The first-order chi connectivity index (χ1) is 18.1. The second-order valence-corrected chi connectivity index (χ2v) is 7.38. The third-order valence-electron chi connectivity index (χ3n) is 5.33. The number of anilines is 1. The molecule has 5 rings (SSSR count). The molecule has 0 aliphatic carbocycles. The molecule has 0 aliphatic heterocycles. The molecular weight excluding hydrogens is 467 g/mol. The van der Waals surface area contributed by atoms with Crippen LogP contribution in [0, 0.1) is 17.1 Å². The van der Waals surface area contributed by atoms with E-state index in [9.17, 15) is 14.8 Å². The first-order valence-corrected chi connectivity index (χ1v) is 12.1. The number of aliphatic hydroxyl groups excluding tert-OH is 1. The van der Waals surface area contributed by atoms with Gasteiger partial charge in [-0.05, 0) is 60.2 Å². The highest BCUT2D eigenvalue weighted by Gasteiger charge is 2.20. The third kappa shape index (κ3) is 5.47. The Balaban J connectivity index is 0.000000907. The topological polar surface area (TPSA) is 114 Å². The number of pyridine rings is 2. The number of nitrogen functional groups attached to an aromatic ring is 1. The number of benzene rings is 2. The van der Waals surface area contributed by atoms with Gasteiger partial charge in [0, 0.05) is 17.4 Å². The molecule has 0 bridgehead atoms. The van der Waals surface area contributed by atoms with Crippen molar-refractivity contribution in [2.24, 2.45) is 0 Å². The predicted molar refractivity (Wildman–Crippen MR) is 145 cm³/mol. The zero-order valence-corrected chi connectivity index (χ0v) is 21.3. The summed E-state index contributed by atoms with van der Waals surface area (Å²) in [6, 6.07) is 20.5. The van der Waals surface area contributed by atoms with E-state index < -0.39 is 0 Å². The van der Waals surface area contributed by atoms with Gasteiger partial charge >= 0.3 is 0 Å². The van der Waals surface area contributed by atoms with E-state index in [1.807, 2.05) is 62.6 Å². The van der Waals surface area contributed by atoms with E-state index in [0.29, 0.717) is 45.2 Å². The third-order valence-corrected chi connectivity index (χ3v) is 5.33. The highest BCUT2D eigenvalue weighted by atomic mass is 19.1. The van der Waals surface area contributed by atoms with Gasteiger partial charge < -0.3 is 10.8 Å². The van der Waals surface area contributed by atoms with Crippen molar-refractivity contribution in [2.45, 2.75) is 34.3 Å². The number of aliphatic hydroxyl groups is 1. The van der Waals surface area contributed by atoms with Gasteiger partial charge in [0.25, 0.3) is 0 Å². The summed E-state index contributed by atoms with van der Waals surface area (Å²) in [5.74, 6) is 0.446. The van der Waals surface area contributed by atoms with Crippen LogP contribution in [-0.2, 0) is 6.61 Å². The second kappa shape index (κ2) is 12.4. The maximum absolute atomic E-state index is 13.5. The molecule has 0 saturated heterocycles. The summed E-state index contributed by atoms with van der Waals surface area (Å²) in [5.41, 5.74) is 10.6. The second-order valence-electron chi connectivity index (χ2n) is 7.38. The molecule has 2 aromatic carbocycles. The van der Waals surface area contributed by atoms with Crippen LogP contribution < -0.4 is 5.73 Å². The minimum atomic E-state index is -0.373. The van der Waals surface area contributed by atoms with Crippen molar-refractivity contribution in [3.63, 3.8) is 0 Å². The molecule has 3 heterocycles. The van der Waals surface area contributed by atoms with Crippen molar-refractivity contribution in [1.29, 1.82) is 5.26 Å². The Morgan fingerprint density at radius 2 is 1.65 bits per heavy atom. The Morgan fingerprint density at radius 3 is 2.24 bits per heavy atom. The zero-order chi connectivity index (χ0) is 26.9. The lowest BCUT2D eigenvalue weighted by atomic mass is 10.1. The monoisotopic (exact) mass is 496 g/mol. The van der Waals surface area contributed by atoms with Gasteiger partial charge in [-0.3, -0.25) is 4.57 Å². The van der Waals surface area contributed by atoms with Crippen molar-refractivity contribution in [3.8, 4) is 34.4 Å². The van der Waals surface area contributed by atoms with Crippen LogP contribution >= 0.6 is 0 Å². The van der Waals surface area contributed by atoms with Crippen molar-refractivity contribution >= 4 is 17.0 Å². The predicted octanol–water partition coefficient (Wildman–Crippen LogP) is 6.29. The van der Waals surface area contributed by atoms with E-state index in [2.05, 4.69) is 11.1 Å². The maximum atomic E-state index is 13.5. The fourth-order valence-corrected chi connectivity index (χ4v) is 3.70. The highest BCUT2D eigenvalue weighted by molar-refractivity contribution is 5.86. The van der Waals surface area contributed by atoms with Gasteiger partial charge in [-0.15, -0.1) is 0 Å². The van der Waals surface area contributed by atoms with Gasteiger partial charge in [0.2, 0.25) is 0 Å². The number of hydrogen-bond acceptors (Lipinski definition) is 6. The Morgan fingerprint density at radius 1 is 0.973 bits per heavy atom. The van der Waals surface area contributed by atoms with Crippen molar-refractivity contribution < 1.29 is 9.50 Å². The zero-order valence-electron chi connectivity index (χ0n) is 21.3. The lowest BCUT2D eigenvalue weighted by Gasteiger charge is -2.11. The van der Waals surface area contributed by atoms with Gasteiger partial charge in [-0.2, -0.15) is 5.26 Å². The molecule has 0 saturated carbocycles. The summed E-state index contributed by atoms with van der Waals surface area (Å²) < 4.78 is 15.3. The van der Waals surface area contributed by atoms with Crippen LogP contribution in [0.3, 0.4) is 0 Å². The van der Waals surface area contributed by atoms with Gasteiger partial charge in [-0.25, -0.2) is 19.3 Å². The Bertz CT molecular complexity index is 1520. The van der Waals surface area contributed by atoms with Crippen LogP contribution in [0.5, 0.6) is 0 Å². The van der Waals surface area contributed by atoms with Crippen LogP contribution in [0.4, 0.5) is 10.2 Å². The number of halogens is 1. The molecule has 7 nitrogen and oxygen atoms in total. The average Bonchev–Trinajstić information content (AvgIpc) is 3.33. The summed E-state index contributed by atoms with van der Waals surface area (Å²) in [6.07, 6.45) is 1.60. The Kier molecular flexibility index (Phi) is 9.03. The Labute approximate surface area is 215 Å². The number of imidazole rings is 1. The first kappa shape index (κ1) is 27.0. The number of fused-ring (bicyclic) bond motifs is 1. The number of rotatable bonds is 4. The van der Waals surface area contributed by atoms with Gasteiger partial charge in [0.1, 0.15) is 23.2 Å². The molecule has 5 aromatic rings. The number of nitriles is 1. The molecule has 0 amide bonds. The minimum Gasteiger partial charge on any atom is -0.392 e. The minimum absolute atomic E-state index is 0.0775. The highest BCUT2D eigenvalue weighted by Crippen LogP contribution is 2.33. The number of nitrogens with zero attached hydrogens (tertiary/aromatic N) is 5. The number of aromatic nitrogens is 4. The fourth-order valence-electron chi connectivity index (χ4n) is 3.70. The molecule has 0 aliphatic rings. The lowest BCUT2D eigenvalue weighted by molar-refractivity contribution is 0.282. The number of nitrogens with two attached hydrogens (primary N) is 1. The van der Waals surface area contributed by atoms with Crippen molar-refractivity contribution in [3.05, 3.63) is 89.9 Å². The van der Waals surface area contributed by atoms with E-state index in [4.69, 9.17) is 15.7 Å². The van der Waals surface area contributed by atoms with Crippen molar-refractivity contribution in [2.75, 3.05) is 5.73 Å². The number of hydrogen-bond donors (Lipinski definition) is 2. The average molecular weight is 497 g/mol. The van der Waals surface area contributed by atoms with Crippen LogP contribution in [0.1, 0.15) is 38.8 Å². The van der Waals surface area contributed by atoms with Gasteiger partial charge in [0.05, 0.1) is 23.4 Å². The molecular formula is C29H29FN6O. The fraction of sp³-hybridized carbons (Fsp3) is 0.172. The first-order valence-electron chi connectivity index (χ1n) is 12.1. The van der Waals surface area contributed by atoms with Gasteiger partial charge in [-0.1, -0.05) is 39.8 Å². The molecule has 3 aromatic heterocycles. The van der Waals surface area contributed by atoms with E-state index in [-0.39, 0.29) is 12.4 Å². The Hall–Kier alpha value is -4.61. The molecule has 188 valence electrons. The molecule has 3 N–H and O–H groups in total.